The molecule has 3 aromatic carbocycles. The van der Waals surface area contributed by atoms with Crippen LogP contribution in [0.1, 0.15) is 30.9 Å². The molecule has 184 valence electrons. The number of aryl methyl sites for hydroxylation is 1. The Bertz CT molecular complexity index is 1250. The highest BCUT2D eigenvalue weighted by Gasteiger charge is 2.17. The molecule has 0 aliphatic carbocycles. The van der Waals surface area contributed by atoms with Crippen LogP contribution < -0.4 is 21.1 Å². The Morgan fingerprint density at radius 2 is 1.77 bits per heavy atom. The number of methoxy groups -OCH3 is 1. The Morgan fingerprint density at radius 1 is 1.00 bits per heavy atom. The Kier molecular flexibility index (Phi) is 9.32. The second kappa shape index (κ2) is 12.6. The van der Waals surface area contributed by atoms with Gasteiger partial charge in [-0.1, -0.05) is 55.8 Å². The lowest BCUT2D eigenvalue weighted by Crippen LogP contribution is -2.29. The first-order valence-corrected chi connectivity index (χ1v) is 12.0. The van der Waals surface area contributed by atoms with Crippen molar-refractivity contribution in [1.82, 2.24) is 9.88 Å². The van der Waals surface area contributed by atoms with Gasteiger partial charge in [-0.05, 0) is 55.8 Å². The van der Waals surface area contributed by atoms with Crippen molar-refractivity contribution < 1.29 is 9.53 Å². The molecule has 0 aliphatic rings. The summed E-state index contributed by atoms with van der Waals surface area (Å²) in [6, 6.07) is 24.5. The van der Waals surface area contributed by atoms with Crippen LogP contribution >= 0.6 is 0 Å². The number of nitrogens with two attached hydrogens (primary N) is 1. The van der Waals surface area contributed by atoms with E-state index in [1.165, 1.54) is 23.6 Å². The number of hydrogen-bond acceptors (Lipinski definition) is 3. The summed E-state index contributed by atoms with van der Waals surface area (Å²) in [5, 5.41) is 7.08. The molecule has 0 spiro atoms. The zero-order chi connectivity index (χ0) is 25.2. The van der Waals surface area contributed by atoms with Crippen LogP contribution in [0.3, 0.4) is 0 Å². The molecule has 0 atom stereocenters. The highest BCUT2D eigenvalue weighted by atomic mass is 16.5. The third-order valence-electron chi connectivity index (χ3n) is 5.92. The van der Waals surface area contributed by atoms with Gasteiger partial charge in [0.15, 0.2) is 0 Å². The molecule has 6 nitrogen and oxygen atoms in total. The minimum Gasteiger partial charge on any atom is -0.497 e. The van der Waals surface area contributed by atoms with Crippen LogP contribution in [-0.2, 0) is 6.54 Å². The van der Waals surface area contributed by atoms with Crippen molar-refractivity contribution in [3.63, 3.8) is 0 Å². The van der Waals surface area contributed by atoms with Crippen molar-refractivity contribution in [3.05, 3.63) is 83.9 Å². The first-order chi connectivity index (χ1) is 17.1. The largest absolute Gasteiger partial charge is 0.497 e. The van der Waals surface area contributed by atoms with Crippen LogP contribution in [0.15, 0.2) is 72.8 Å². The predicted molar refractivity (Wildman–Crippen MR) is 146 cm³/mol. The number of hydrogen-bond donors (Lipinski definition) is 3. The number of unbranched alkanes of at least 4 members (excludes halogenated alkanes) is 1. The molecule has 35 heavy (non-hydrogen) atoms. The molecule has 4 rings (SSSR count). The summed E-state index contributed by atoms with van der Waals surface area (Å²) < 4.78 is 7.85. The van der Waals surface area contributed by atoms with Gasteiger partial charge >= 0.3 is 6.03 Å². The Balaban J connectivity index is 0.00000167. The Hall–Kier alpha value is -3.77. The van der Waals surface area contributed by atoms with Crippen LogP contribution in [0.4, 0.5) is 10.5 Å². The van der Waals surface area contributed by atoms with Gasteiger partial charge in [0.2, 0.25) is 0 Å². The van der Waals surface area contributed by atoms with Crippen LogP contribution in [0, 0.1) is 6.92 Å². The van der Waals surface area contributed by atoms with Gasteiger partial charge in [-0.2, -0.15) is 0 Å². The van der Waals surface area contributed by atoms with Gasteiger partial charge in [0.1, 0.15) is 5.75 Å². The number of amides is 2. The standard InChI is InChI=1S/C28H31N3O2.CH5N/c1-4-5-16-29-28(32)30-23-13-9-12-22(17-23)27-20(2)25-15-14-24(33-3)18-26(25)31(27)19-21-10-7-6-8-11-21;1-2/h6-15,17-18H,4-5,16,19H2,1-3H3,(H2,29,30,32);2H2,1H3. The van der Waals surface area contributed by atoms with Crippen LogP contribution in [-0.4, -0.2) is 31.3 Å². The molecule has 4 aromatic rings. The molecule has 0 fully saturated rings. The molecular formula is C29H36N4O2. The molecule has 6 heteroatoms. The van der Waals surface area contributed by atoms with Crippen LogP contribution in [0.5, 0.6) is 5.75 Å². The molecule has 0 saturated heterocycles. The van der Waals surface area contributed by atoms with Crippen molar-refractivity contribution in [2.24, 2.45) is 5.73 Å². The zero-order valence-corrected chi connectivity index (χ0v) is 21.1. The van der Waals surface area contributed by atoms with E-state index in [1.807, 2.05) is 30.3 Å². The molecular weight excluding hydrogens is 436 g/mol. The average molecular weight is 473 g/mol. The van der Waals surface area contributed by atoms with E-state index in [0.29, 0.717) is 6.54 Å². The average Bonchev–Trinajstić information content (AvgIpc) is 3.16. The van der Waals surface area contributed by atoms with E-state index in [-0.39, 0.29) is 6.03 Å². The van der Waals surface area contributed by atoms with E-state index in [2.05, 4.69) is 77.2 Å². The molecule has 4 N–H and O–H groups in total. The van der Waals surface area contributed by atoms with Crippen molar-refractivity contribution >= 4 is 22.6 Å². The maximum absolute atomic E-state index is 12.3. The third-order valence-corrected chi connectivity index (χ3v) is 5.92. The minimum atomic E-state index is -0.174. The quantitative estimate of drug-likeness (QED) is 0.268. The number of benzene rings is 3. The lowest BCUT2D eigenvalue weighted by molar-refractivity contribution is 0.252. The summed E-state index contributed by atoms with van der Waals surface area (Å²) >= 11 is 0. The van der Waals surface area contributed by atoms with Gasteiger partial charge in [0.05, 0.1) is 18.3 Å². The summed E-state index contributed by atoms with van der Waals surface area (Å²) in [6.45, 7) is 5.68. The first-order valence-electron chi connectivity index (χ1n) is 12.0. The topological polar surface area (TPSA) is 81.3 Å². The molecule has 0 aliphatic heterocycles. The molecule has 0 radical (unpaired) electrons. The number of nitrogens with one attached hydrogen (secondary N) is 2. The van der Waals surface area contributed by atoms with Gasteiger partial charge in [-0.3, -0.25) is 0 Å². The summed E-state index contributed by atoms with van der Waals surface area (Å²) in [4.78, 5) is 12.3. The number of carbonyl (C=O) groups is 1. The summed E-state index contributed by atoms with van der Waals surface area (Å²) in [6.07, 6.45) is 2.02. The number of nitrogens with zero attached hydrogens (tertiary/aromatic N) is 1. The molecule has 1 aromatic heterocycles. The molecule has 0 bridgehead atoms. The maximum atomic E-state index is 12.3. The number of fused-ring (bicyclic) bond motifs is 1. The number of aromatic nitrogens is 1. The van der Waals surface area contributed by atoms with Gasteiger partial charge in [0.25, 0.3) is 0 Å². The summed E-state index contributed by atoms with van der Waals surface area (Å²) in [7, 11) is 3.19. The van der Waals surface area contributed by atoms with Gasteiger partial charge in [0, 0.05) is 35.8 Å². The Morgan fingerprint density at radius 3 is 2.49 bits per heavy atom. The Labute approximate surface area is 208 Å². The van der Waals surface area contributed by atoms with E-state index >= 15 is 0 Å². The van der Waals surface area contributed by atoms with Gasteiger partial charge in [-0.25, -0.2) is 4.79 Å². The number of carbonyl (C=O) groups excluding carboxylic acids is 1. The van der Waals surface area contributed by atoms with Gasteiger partial charge in [-0.15, -0.1) is 0 Å². The van der Waals surface area contributed by atoms with Crippen LogP contribution in [0.25, 0.3) is 22.2 Å². The van der Waals surface area contributed by atoms with Crippen LogP contribution in [0.2, 0.25) is 0 Å². The fourth-order valence-corrected chi connectivity index (χ4v) is 4.23. The SMILES string of the molecule is CCCCNC(=O)Nc1cccc(-c2c(C)c3ccc(OC)cc3n2Cc2ccccc2)c1.CN. The van der Waals surface area contributed by atoms with Gasteiger partial charge < -0.3 is 25.7 Å². The normalized spacial score (nSPS) is 10.4. The van der Waals surface area contributed by atoms with E-state index in [9.17, 15) is 4.79 Å². The fraction of sp³-hybridized carbons (Fsp3) is 0.276. The van der Waals surface area contributed by atoms with E-state index in [1.54, 1.807) is 7.11 Å². The second-order valence-electron chi connectivity index (χ2n) is 8.24. The lowest BCUT2D eigenvalue weighted by atomic mass is 10.1. The number of ether oxygens (including phenoxy) is 1. The maximum Gasteiger partial charge on any atom is 0.319 e. The number of rotatable bonds is 8. The van der Waals surface area contributed by atoms with E-state index < -0.39 is 0 Å². The second-order valence-corrected chi connectivity index (χ2v) is 8.24. The smallest absolute Gasteiger partial charge is 0.319 e. The zero-order valence-electron chi connectivity index (χ0n) is 21.1. The highest BCUT2D eigenvalue weighted by molar-refractivity contribution is 5.94. The number of urea groups is 1. The minimum absolute atomic E-state index is 0.174. The van der Waals surface area contributed by atoms with E-state index in [0.717, 1.165) is 47.6 Å². The lowest BCUT2D eigenvalue weighted by Gasteiger charge is -2.14. The van der Waals surface area contributed by atoms with Crippen molar-refractivity contribution in [2.45, 2.75) is 33.2 Å². The molecule has 1 heterocycles. The van der Waals surface area contributed by atoms with E-state index in [4.69, 9.17) is 4.74 Å². The molecule has 2 amide bonds. The monoisotopic (exact) mass is 472 g/mol. The van der Waals surface area contributed by atoms with Crippen molar-refractivity contribution in [2.75, 3.05) is 26.0 Å². The predicted octanol–water partition coefficient (Wildman–Crippen LogP) is 6.17. The first kappa shape index (κ1) is 25.8. The van der Waals surface area contributed by atoms with Crippen molar-refractivity contribution in [1.29, 1.82) is 0 Å². The summed E-state index contributed by atoms with van der Waals surface area (Å²) in [5.74, 6) is 0.833. The highest BCUT2D eigenvalue weighted by Crippen LogP contribution is 2.36. The fourth-order valence-electron chi connectivity index (χ4n) is 4.23. The third kappa shape index (κ3) is 6.22. The number of anilines is 1. The van der Waals surface area contributed by atoms with Crippen molar-refractivity contribution in [3.8, 4) is 17.0 Å². The summed E-state index contributed by atoms with van der Waals surface area (Å²) in [5.41, 5.74) is 11.0. The molecule has 0 saturated carbocycles. The molecule has 0 unspecified atom stereocenters.